The van der Waals surface area contributed by atoms with E-state index in [9.17, 15) is 0 Å². The van der Waals surface area contributed by atoms with E-state index >= 15 is 0 Å². The Labute approximate surface area is 118 Å². The van der Waals surface area contributed by atoms with Crippen molar-refractivity contribution in [2.45, 2.75) is 6.04 Å². The predicted molar refractivity (Wildman–Crippen MR) is 77.7 cm³/mol. The van der Waals surface area contributed by atoms with Crippen LogP contribution in [0.4, 0.5) is 0 Å². The van der Waals surface area contributed by atoms with Crippen LogP contribution in [0.15, 0.2) is 48.5 Å². The summed E-state index contributed by atoms with van der Waals surface area (Å²) in [6, 6.07) is 15.1. The van der Waals surface area contributed by atoms with E-state index in [0.717, 1.165) is 16.9 Å². The zero-order valence-electron chi connectivity index (χ0n) is 9.97. The van der Waals surface area contributed by atoms with Crippen LogP contribution in [0, 0.1) is 0 Å². The SMILES string of the molecule is COc1ccc(Cl)c(C(N)c2ccccc2)c1.Cl. The fourth-order valence-electron chi connectivity index (χ4n) is 1.73. The third-order valence-electron chi connectivity index (χ3n) is 2.70. The molecule has 0 fully saturated rings. The van der Waals surface area contributed by atoms with Crippen molar-refractivity contribution in [3.8, 4) is 5.75 Å². The molecule has 0 radical (unpaired) electrons. The van der Waals surface area contributed by atoms with E-state index in [4.69, 9.17) is 22.1 Å². The van der Waals surface area contributed by atoms with Gasteiger partial charge in [-0.25, -0.2) is 0 Å². The van der Waals surface area contributed by atoms with Gasteiger partial charge in [-0.1, -0.05) is 41.9 Å². The van der Waals surface area contributed by atoms with E-state index in [1.54, 1.807) is 13.2 Å². The number of benzene rings is 2. The predicted octanol–water partition coefficient (Wildman–Crippen LogP) is 3.82. The minimum atomic E-state index is -0.237. The van der Waals surface area contributed by atoms with Crippen LogP contribution in [-0.4, -0.2) is 7.11 Å². The Hall–Kier alpha value is -1.22. The Kier molecular flexibility index (Phi) is 5.48. The first-order chi connectivity index (χ1) is 8.22. The minimum absolute atomic E-state index is 0. The molecule has 0 saturated heterocycles. The molecule has 0 heterocycles. The Morgan fingerprint density at radius 1 is 1.11 bits per heavy atom. The summed E-state index contributed by atoms with van der Waals surface area (Å²) in [5.74, 6) is 0.760. The van der Waals surface area contributed by atoms with Crippen LogP contribution in [0.5, 0.6) is 5.75 Å². The Morgan fingerprint density at radius 2 is 1.78 bits per heavy atom. The van der Waals surface area contributed by atoms with Crippen LogP contribution in [0.1, 0.15) is 17.2 Å². The Bertz CT molecular complexity index is 502. The lowest BCUT2D eigenvalue weighted by molar-refractivity contribution is 0.414. The normalized spacial score (nSPS) is 11.5. The van der Waals surface area contributed by atoms with Gasteiger partial charge in [-0.2, -0.15) is 0 Å². The van der Waals surface area contributed by atoms with Crippen molar-refractivity contribution >= 4 is 24.0 Å². The average molecular weight is 284 g/mol. The van der Waals surface area contributed by atoms with Crippen LogP contribution in [0.25, 0.3) is 0 Å². The van der Waals surface area contributed by atoms with Gasteiger partial charge in [-0.05, 0) is 29.3 Å². The summed E-state index contributed by atoms with van der Waals surface area (Å²) in [6.45, 7) is 0. The fourth-order valence-corrected chi connectivity index (χ4v) is 1.96. The summed E-state index contributed by atoms with van der Waals surface area (Å²) in [5.41, 5.74) is 8.10. The van der Waals surface area contributed by atoms with Gasteiger partial charge in [0.25, 0.3) is 0 Å². The standard InChI is InChI=1S/C14H14ClNO.ClH/c1-17-11-7-8-13(15)12(9-11)14(16)10-5-3-2-4-6-10;/h2-9,14H,16H2,1H3;1H. The van der Waals surface area contributed by atoms with Gasteiger partial charge in [0.15, 0.2) is 0 Å². The van der Waals surface area contributed by atoms with Crippen molar-refractivity contribution < 1.29 is 4.74 Å². The molecule has 0 aliphatic rings. The number of nitrogens with two attached hydrogens (primary N) is 1. The maximum Gasteiger partial charge on any atom is 0.119 e. The molecule has 2 N–H and O–H groups in total. The molecule has 2 nitrogen and oxygen atoms in total. The third kappa shape index (κ3) is 3.16. The Morgan fingerprint density at radius 3 is 2.39 bits per heavy atom. The molecule has 0 aliphatic carbocycles. The van der Waals surface area contributed by atoms with Crippen molar-refractivity contribution in [3.63, 3.8) is 0 Å². The highest BCUT2D eigenvalue weighted by Crippen LogP contribution is 2.29. The second-order valence-corrected chi connectivity index (χ2v) is 4.18. The van der Waals surface area contributed by atoms with Crippen LogP contribution >= 0.6 is 24.0 Å². The first-order valence-corrected chi connectivity index (χ1v) is 5.74. The lowest BCUT2D eigenvalue weighted by Crippen LogP contribution is -2.12. The highest BCUT2D eigenvalue weighted by atomic mass is 35.5. The van der Waals surface area contributed by atoms with E-state index in [-0.39, 0.29) is 18.4 Å². The van der Waals surface area contributed by atoms with Crippen molar-refractivity contribution in [1.82, 2.24) is 0 Å². The van der Waals surface area contributed by atoms with Crippen LogP contribution < -0.4 is 10.5 Å². The molecule has 0 aromatic heterocycles. The van der Waals surface area contributed by atoms with Gasteiger partial charge in [-0.15, -0.1) is 12.4 Å². The number of rotatable bonds is 3. The van der Waals surface area contributed by atoms with Crippen molar-refractivity contribution in [2.75, 3.05) is 7.11 Å². The van der Waals surface area contributed by atoms with Gasteiger partial charge in [0.05, 0.1) is 13.2 Å². The molecule has 2 aromatic carbocycles. The zero-order chi connectivity index (χ0) is 12.3. The molecule has 4 heteroatoms. The molecule has 96 valence electrons. The third-order valence-corrected chi connectivity index (χ3v) is 3.04. The number of methoxy groups -OCH3 is 1. The van der Waals surface area contributed by atoms with Gasteiger partial charge in [-0.3, -0.25) is 0 Å². The van der Waals surface area contributed by atoms with Crippen molar-refractivity contribution in [1.29, 1.82) is 0 Å². The molecule has 1 atom stereocenters. The second-order valence-electron chi connectivity index (χ2n) is 3.78. The molecule has 2 aromatic rings. The first kappa shape index (κ1) is 14.8. The molecule has 1 unspecified atom stereocenters. The summed E-state index contributed by atoms with van der Waals surface area (Å²) >= 11 is 6.16. The van der Waals surface area contributed by atoms with E-state index < -0.39 is 0 Å². The summed E-state index contributed by atoms with van der Waals surface area (Å²) in [5, 5.41) is 0.655. The minimum Gasteiger partial charge on any atom is -0.497 e. The number of ether oxygens (including phenoxy) is 1. The molecule has 2 rings (SSSR count). The molecule has 0 aliphatic heterocycles. The summed E-state index contributed by atoms with van der Waals surface area (Å²) in [7, 11) is 1.63. The van der Waals surface area contributed by atoms with Gasteiger partial charge in [0, 0.05) is 5.02 Å². The number of hydrogen-bond donors (Lipinski definition) is 1. The molecular weight excluding hydrogens is 269 g/mol. The van der Waals surface area contributed by atoms with Gasteiger partial charge >= 0.3 is 0 Å². The number of hydrogen-bond acceptors (Lipinski definition) is 2. The second kappa shape index (κ2) is 6.64. The van der Waals surface area contributed by atoms with E-state index in [1.165, 1.54) is 0 Å². The Balaban J connectivity index is 0.00000162. The topological polar surface area (TPSA) is 35.2 Å². The number of halogens is 2. The summed E-state index contributed by atoms with van der Waals surface area (Å²) in [4.78, 5) is 0. The van der Waals surface area contributed by atoms with Gasteiger partial charge < -0.3 is 10.5 Å². The molecular formula is C14H15Cl2NO. The molecule has 0 bridgehead atoms. The monoisotopic (exact) mass is 283 g/mol. The highest BCUT2D eigenvalue weighted by Gasteiger charge is 2.13. The molecule has 0 spiro atoms. The quantitative estimate of drug-likeness (QED) is 0.930. The largest absolute Gasteiger partial charge is 0.497 e. The van der Waals surface area contributed by atoms with Crippen LogP contribution in [0.3, 0.4) is 0 Å². The van der Waals surface area contributed by atoms with Crippen molar-refractivity contribution in [2.24, 2.45) is 5.73 Å². The molecule has 18 heavy (non-hydrogen) atoms. The lowest BCUT2D eigenvalue weighted by Gasteiger charge is -2.15. The van der Waals surface area contributed by atoms with E-state index in [2.05, 4.69) is 0 Å². The van der Waals surface area contributed by atoms with Gasteiger partial charge in [0.1, 0.15) is 5.75 Å². The summed E-state index contributed by atoms with van der Waals surface area (Å²) in [6.07, 6.45) is 0. The molecule has 0 amide bonds. The maximum atomic E-state index is 6.20. The highest BCUT2D eigenvalue weighted by molar-refractivity contribution is 6.31. The average Bonchev–Trinajstić information content (AvgIpc) is 2.39. The van der Waals surface area contributed by atoms with Gasteiger partial charge in [0.2, 0.25) is 0 Å². The van der Waals surface area contributed by atoms with Crippen LogP contribution in [-0.2, 0) is 0 Å². The van der Waals surface area contributed by atoms with E-state index in [0.29, 0.717) is 5.02 Å². The lowest BCUT2D eigenvalue weighted by atomic mass is 9.99. The van der Waals surface area contributed by atoms with E-state index in [1.807, 2.05) is 42.5 Å². The summed E-state index contributed by atoms with van der Waals surface area (Å²) < 4.78 is 5.18. The maximum absolute atomic E-state index is 6.20. The van der Waals surface area contributed by atoms with Crippen LogP contribution in [0.2, 0.25) is 5.02 Å². The smallest absolute Gasteiger partial charge is 0.119 e. The fraction of sp³-hybridized carbons (Fsp3) is 0.143. The zero-order valence-corrected chi connectivity index (χ0v) is 11.5. The molecule has 0 saturated carbocycles. The first-order valence-electron chi connectivity index (χ1n) is 5.36. The van der Waals surface area contributed by atoms with Crippen molar-refractivity contribution in [3.05, 3.63) is 64.7 Å².